The Labute approximate surface area is 120 Å². The van der Waals surface area contributed by atoms with Crippen LogP contribution >= 0.6 is 0 Å². The van der Waals surface area contributed by atoms with Crippen LogP contribution in [0.15, 0.2) is 0 Å². The van der Waals surface area contributed by atoms with Gasteiger partial charge in [0.05, 0.1) is 24.5 Å². The summed E-state index contributed by atoms with van der Waals surface area (Å²) >= 11 is 0. The lowest BCUT2D eigenvalue weighted by molar-refractivity contribution is -0.146. The van der Waals surface area contributed by atoms with E-state index in [2.05, 4.69) is 9.46 Å². The first-order valence-corrected chi connectivity index (χ1v) is 10.1. The van der Waals surface area contributed by atoms with Crippen molar-refractivity contribution in [3.8, 4) is 0 Å². The molecule has 0 aromatic heterocycles. The zero-order valence-corrected chi connectivity index (χ0v) is 13.3. The molecule has 1 fully saturated rings. The number of hydrogen-bond acceptors (Lipinski definition) is 6. The molecule has 1 rings (SSSR count). The van der Waals surface area contributed by atoms with Crippen molar-refractivity contribution in [2.24, 2.45) is 5.92 Å². The van der Waals surface area contributed by atoms with Crippen molar-refractivity contribution in [3.05, 3.63) is 0 Å². The van der Waals surface area contributed by atoms with E-state index in [1.54, 1.807) is 0 Å². The van der Waals surface area contributed by atoms with Gasteiger partial charge in [-0.25, -0.2) is 21.6 Å². The summed E-state index contributed by atoms with van der Waals surface area (Å²) in [6.45, 7) is 0. The standard InChI is InChI=1S/C11H21NO6S2/c1-18-11(13)9-3-5-10(6-4-9)12-20(16,17)8-7-19(2,14)15/h9-10,12H,3-8H2,1-2H3. The molecule has 7 nitrogen and oxygen atoms in total. The second-order valence-corrected chi connectivity index (χ2v) is 9.27. The van der Waals surface area contributed by atoms with Crippen LogP contribution in [-0.2, 0) is 29.4 Å². The second-order valence-electron chi connectivity index (χ2n) is 5.14. The highest BCUT2D eigenvalue weighted by atomic mass is 32.2. The minimum absolute atomic E-state index is 0.170. The van der Waals surface area contributed by atoms with E-state index in [-0.39, 0.29) is 23.7 Å². The van der Waals surface area contributed by atoms with Crippen LogP contribution < -0.4 is 4.72 Å². The first-order valence-electron chi connectivity index (χ1n) is 6.38. The molecule has 1 aliphatic carbocycles. The van der Waals surface area contributed by atoms with Crippen molar-refractivity contribution in [1.82, 2.24) is 4.72 Å². The zero-order valence-electron chi connectivity index (χ0n) is 11.7. The summed E-state index contributed by atoms with van der Waals surface area (Å²) in [7, 11) is -5.57. The first kappa shape index (κ1) is 17.4. The lowest BCUT2D eigenvalue weighted by Gasteiger charge is -2.27. The van der Waals surface area contributed by atoms with Gasteiger partial charge >= 0.3 is 5.97 Å². The van der Waals surface area contributed by atoms with Crippen molar-refractivity contribution >= 4 is 25.8 Å². The predicted octanol–water partition coefficient (Wildman–Crippen LogP) is -0.318. The van der Waals surface area contributed by atoms with Crippen molar-refractivity contribution in [1.29, 1.82) is 0 Å². The summed E-state index contributed by atoms with van der Waals surface area (Å²) in [5.41, 5.74) is 0. The number of carbonyl (C=O) groups is 1. The number of hydrogen-bond donors (Lipinski definition) is 1. The molecule has 0 bridgehead atoms. The molecular weight excluding hydrogens is 306 g/mol. The molecule has 0 aliphatic heterocycles. The van der Waals surface area contributed by atoms with Gasteiger partial charge in [0.2, 0.25) is 10.0 Å². The summed E-state index contributed by atoms with van der Waals surface area (Å²) in [6, 6.07) is -0.236. The largest absolute Gasteiger partial charge is 0.469 e. The number of rotatable bonds is 6. The summed E-state index contributed by atoms with van der Waals surface area (Å²) in [5, 5.41) is 0. The molecule has 9 heteroatoms. The normalized spacial score (nSPS) is 24.3. The number of methoxy groups -OCH3 is 1. The lowest BCUT2D eigenvalue weighted by atomic mass is 9.86. The van der Waals surface area contributed by atoms with Gasteiger partial charge in [-0.05, 0) is 25.7 Å². The van der Waals surface area contributed by atoms with Gasteiger partial charge in [-0.3, -0.25) is 4.79 Å². The Hall–Kier alpha value is -0.670. The Balaban J connectivity index is 2.45. The number of nitrogens with one attached hydrogen (secondary N) is 1. The lowest BCUT2D eigenvalue weighted by Crippen LogP contribution is -2.40. The van der Waals surface area contributed by atoms with Gasteiger partial charge in [0.15, 0.2) is 0 Å². The van der Waals surface area contributed by atoms with Crippen molar-refractivity contribution in [3.63, 3.8) is 0 Å². The van der Waals surface area contributed by atoms with E-state index >= 15 is 0 Å². The number of ether oxygens (including phenoxy) is 1. The van der Waals surface area contributed by atoms with Gasteiger partial charge in [-0.1, -0.05) is 0 Å². The predicted molar refractivity (Wildman–Crippen MR) is 74.4 cm³/mol. The maximum Gasteiger partial charge on any atom is 0.308 e. The van der Waals surface area contributed by atoms with E-state index in [0.717, 1.165) is 6.26 Å². The third-order valence-corrected chi connectivity index (χ3v) is 5.97. The molecule has 1 aliphatic rings. The fourth-order valence-corrected chi connectivity index (χ4v) is 5.14. The highest BCUT2D eigenvalue weighted by Crippen LogP contribution is 2.25. The van der Waals surface area contributed by atoms with Gasteiger partial charge in [0.25, 0.3) is 0 Å². The topological polar surface area (TPSA) is 107 Å². The Morgan fingerprint density at radius 2 is 1.65 bits per heavy atom. The quantitative estimate of drug-likeness (QED) is 0.670. The van der Waals surface area contributed by atoms with Crippen LogP contribution in [0.4, 0.5) is 0 Å². The van der Waals surface area contributed by atoms with Crippen LogP contribution in [0.25, 0.3) is 0 Å². The Morgan fingerprint density at radius 3 is 2.10 bits per heavy atom. The summed E-state index contributed by atoms with van der Waals surface area (Å²) in [6.07, 6.45) is 3.26. The molecule has 1 N–H and O–H groups in total. The van der Waals surface area contributed by atoms with Gasteiger partial charge in [0, 0.05) is 12.3 Å². The van der Waals surface area contributed by atoms with Gasteiger partial charge < -0.3 is 4.74 Å². The van der Waals surface area contributed by atoms with Crippen LogP contribution in [0.2, 0.25) is 0 Å². The maximum absolute atomic E-state index is 11.7. The van der Waals surface area contributed by atoms with Gasteiger partial charge in [-0.15, -0.1) is 0 Å². The second kappa shape index (κ2) is 6.86. The highest BCUT2D eigenvalue weighted by Gasteiger charge is 2.29. The monoisotopic (exact) mass is 327 g/mol. The minimum Gasteiger partial charge on any atom is -0.469 e. The van der Waals surface area contributed by atoms with E-state index in [1.807, 2.05) is 0 Å². The number of esters is 1. The van der Waals surface area contributed by atoms with E-state index in [4.69, 9.17) is 0 Å². The summed E-state index contributed by atoms with van der Waals surface area (Å²) < 4.78 is 52.6. The van der Waals surface area contributed by atoms with Crippen LogP contribution in [0.3, 0.4) is 0 Å². The maximum atomic E-state index is 11.7. The van der Waals surface area contributed by atoms with Crippen LogP contribution in [0.1, 0.15) is 25.7 Å². The number of sulfonamides is 1. The van der Waals surface area contributed by atoms with E-state index < -0.39 is 25.6 Å². The molecule has 0 unspecified atom stereocenters. The van der Waals surface area contributed by atoms with E-state index in [9.17, 15) is 21.6 Å². The highest BCUT2D eigenvalue weighted by molar-refractivity contribution is 7.93. The summed E-state index contributed by atoms with van der Waals surface area (Å²) in [5.74, 6) is -1.25. The number of carbonyl (C=O) groups excluding carboxylic acids is 1. The van der Waals surface area contributed by atoms with Gasteiger partial charge in [0.1, 0.15) is 9.84 Å². The third kappa shape index (κ3) is 6.19. The molecule has 0 atom stereocenters. The van der Waals surface area contributed by atoms with Crippen LogP contribution in [0.5, 0.6) is 0 Å². The molecule has 0 radical (unpaired) electrons. The van der Waals surface area contributed by atoms with Crippen LogP contribution in [0, 0.1) is 5.92 Å². The Bertz CT molecular complexity index is 531. The molecule has 20 heavy (non-hydrogen) atoms. The Kier molecular flexibility index (Phi) is 5.96. The molecule has 118 valence electrons. The first-order chi connectivity index (χ1) is 9.13. The van der Waals surface area contributed by atoms with Crippen molar-refractivity contribution in [2.75, 3.05) is 24.9 Å². The molecule has 0 aromatic carbocycles. The average Bonchev–Trinajstić information content (AvgIpc) is 2.35. The van der Waals surface area contributed by atoms with Crippen LogP contribution in [-0.4, -0.2) is 53.7 Å². The summed E-state index contributed by atoms with van der Waals surface area (Å²) in [4.78, 5) is 11.3. The van der Waals surface area contributed by atoms with E-state index in [0.29, 0.717) is 25.7 Å². The smallest absolute Gasteiger partial charge is 0.308 e. The molecular formula is C11H21NO6S2. The molecule has 0 aromatic rings. The van der Waals surface area contributed by atoms with Crippen molar-refractivity contribution < 1.29 is 26.4 Å². The minimum atomic E-state index is -3.60. The van der Waals surface area contributed by atoms with Crippen molar-refractivity contribution in [2.45, 2.75) is 31.7 Å². The zero-order chi connectivity index (χ0) is 15.4. The fraction of sp³-hybridized carbons (Fsp3) is 0.909. The third-order valence-electron chi connectivity index (χ3n) is 3.33. The fourth-order valence-electron chi connectivity index (χ4n) is 2.19. The SMILES string of the molecule is COC(=O)C1CCC(NS(=O)(=O)CCS(C)(=O)=O)CC1. The van der Waals surface area contributed by atoms with E-state index in [1.165, 1.54) is 7.11 Å². The molecule has 0 saturated heterocycles. The molecule has 1 saturated carbocycles. The number of sulfone groups is 1. The molecule has 0 amide bonds. The molecule has 0 heterocycles. The average molecular weight is 327 g/mol. The Morgan fingerprint density at radius 1 is 1.10 bits per heavy atom. The molecule has 0 spiro atoms. The van der Waals surface area contributed by atoms with Gasteiger partial charge in [-0.2, -0.15) is 0 Å².